The normalized spacial score (nSPS) is 11.1. The van der Waals surface area contributed by atoms with Crippen molar-refractivity contribution in [2.45, 2.75) is 27.2 Å². The molecule has 3 heteroatoms. The van der Waals surface area contributed by atoms with E-state index in [4.69, 9.17) is 4.74 Å². The van der Waals surface area contributed by atoms with Crippen LogP contribution in [0.3, 0.4) is 0 Å². The minimum absolute atomic E-state index is 0.138. The van der Waals surface area contributed by atoms with Gasteiger partial charge in [-0.05, 0) is 44.5 Å². The zero-order chi connectivity index (χ0) is 16.7. The number of esters is 1. The molecule has 0 unspecified atom stereocenters. The molecule has 2 aromatic carbocycles. The van der Waals surface area contributed by atoms with Crippen molar-refractivity contribution in [1.82, 2.24) is 0 Å². The highest BCUT2D eigenvalue weighted by Gasteiger charge is 2.27. The number of anilines is 2. The van der Waals surface area contributed by atoms with Crippen LogP contribution in [0.1, 0.15) is 27.2 Å². The number of nitrogens with zero attached hydrogens (tertiary/aromatic N) is 1. The third-order valence-corrected chi connectivity index (χ3v) is 4.12. The number of ether oxygens (including phenoxy) is 1. The van der Waals surface area contributed by atoms with Gasteiger partial charge in [-0.15, -0.1) is 0 Å². The van der Waals surface area contributed by atoms with E-state index in [0.29, 0.717) is 13.2 Å². The van der Waals surface area contributed by atoms with Crippen molar-refractivity contribution in [2.75, 3.05) is 18.1 Å². The first kappa shape index (κ1) is 17.1. The number of carbonyl (C=O) groups excluding carboxylic acids is 1. The first-order valence-corrected chi connectivity index (χ1v) is 8.09. The van der Waals surface area contributed by atoms with Gasteiger partial charge in [0.1, 0.15) is 6.61 Å². The second kappa shape index (κ2) is 7.82. The third-order valence-electron chi connectivity index (χ3n) is 4.12. The van der Waals surface area contributed by atoms with Gasteiger partial charge < -0.3 is 9.64 Å². The Balaban J connectivity index is 2.07. The first-order chi connectivity index (χ1) is 11.0. The topological polar surface area (TPSA) is 29.5 Å². The van der Waals surface area contributed by atoms with Gasteiger partial charge in [-0.2, -0.15) is 0 Å². The van der Waals surface area contributed by atoms with Crippen molar-refractivity contribution in [1.29, 1.82) is 0 Å². The molecule has 2 rings (SSSR count). The molecule has 23 heavy (non-hydrogen) atoms. The highest BCUT2D eigenvalue weighted by molar-refractivity contribution is 5.75. The van der Waals surface area contributed by atoms with E-state index in [2.05, 4.69) is 29.2 Å². The second-order valence-electron chi connectivity index (χ2n) is 6.20. The Morgan fingerprint density at radius 2 is 1.43 bits per heavy atom. The number of hydrogen-bond acceptors (Lipinski definition) is 3. The van der Waals surface area contributed by atoms with Gasteiger partial charge >= 0.3 is 5.97 Å². The summed E-state index contributed by atoms with van der Waals surface area (Å²) in [6.45, 7) is 6.83. The summed E-state index contributed by atoms with van der Waals surface area (Å²) in [5.41, 5.74) is 1.75. The van der Waals surface area contributed by atoms with Crippen LogP contribution in [0.4, 0.5) is 11.4 Å². The summed E-state index contributed by atoms with van der Waals surface area (Å²) < 4.78 is 5.49. The van der Waals surface area contributed by atoms with Gasteiger partial charge in [-0.3, -0.25) is 4.79 Å². The molecule has 0 saturated heterocycles. The molecule has 0 spiro atoms. The van der Waals surface area contributed by atoms with Crippen LogP contribution in [0.2, 0.25) is 0 Å². The molecule has 0 N–H and O–H groups in total. The SMILES string of the molecule is CCC(C)(C)C(=O)OCCN(c1ccccc1)c1ccccc1. The molecule has 0 heterocycles. The van der Waals surface area contributed by atoms with E-state index < -0.39 is 5.41 Å². The average molecular weight is 311 g/mol. The van der Waals surface area contributed by atoms with Crippen LogP contribution in [0.5, 0.6) is 0 Å². The Hall–Kier alpha value is -2.29. The molecule has 0 aliphatic rings. The van der Waals surface area contributed by atoms with Gasteiger partial charge in [-0.25, -0.2) is 0 Å². The quantitative estimate of drug-likeness (QED) is 0.688. The largest absolute Gasteiger partial charge is 0.463 e. The molecule has 0 saturated carbocycles. The second-order valence-corrected chi connectivity index (χ2v) is 6.20. The zero-order valence-corrected chi connectivity index (χ0v) is 14.2. The van der Waals surface area contributed by atoms with Gasteiger partial charge in [0.15, 0.2) is 0 Å². The summed E-state index contributed by atoms with van der Waals surface area (Å²) in [6, 6.07) is 20.3. The van der Waals surface area contributed by atoms with E-state index in [1.54, 1.807) is 0 Å². The molecule has 0 amide bonds. The Morgan fingerprint density at radius 3 is 1.87 bits per heavy atom. The lowest BCUT2D eigenvalue weighted by Crippen LogP contribution is -2.29. The maximum Gasteiger partial charge on any atom is 0.311 e. The van der Waals surface area contributed by atoms with E-state index in [0.717, 1.165) is 17.8 Å². The average Bonchev–Trinajstić information content (AvgIpc) is 2.60. The van der Waals surface area contributed by atoms with Crippen LogP contribution < -0.4 is 4.90 Å². The number of benzene rings is 2. The summed E-state index contributed by atoms with van der Waals surface area (Å²) in [4.78, 5) is 14.3. The number of hydrogen-bond donors (Lipinski definition) is 0. The lowest BCUT2D eigenvalue weighted by atomic mass is 9.91. The Kier molecular flexibility index (Phi) is 5.80. The highest BCUT2D eigenvalue weighted by Crippen LogP contribution is 2.25. The molecular weight excluding hydrogens is 286 g/mol. The van der Waals surface area contributed by atoms with Crippen molar-refractivity contribution < 1.29 is 9.53 Å². The van der Waals surface area contributed by atoms with Gasteiger partial charge in [-0.1, -0.05) is 43.3 Å². The van der Waals surface area contributed by atoms with Crippen LogP contribution in [-0.4, -0.2) is 19.1 Å². The Morgan fingerprint density at radius 1 is 0.957 bits per heavy atom. The van der Waals surface area contributed by atoms with Crippen molar-refractivity contribution in [2.24, 2.45) is 5.41 Å². The summed E-state index contributed by atoms with van der Waals surface area (Å²) in [5, 5.41) is 0. The minimum Gasteiger partial charge on any atom is -0.463 e. The van der Waals surface area contributed by atoms with E-state index in [9.17, 15) is 4.79 Å². The summed E-state index contributed by atoms with van der Waals surface area (Å²) >= 11 is 0. The molecule has 0 fully saturated rings. The smallest absolute Gasteiger partial charge is 0.311 e. The van der Waals surface area contributed by atoms with E-state index >= 15 is 0 Å². The van der Waals surface area contributed by atoms with Crippen molar-refractivity contribution >= 4 is 17.3 Å². The molecule has 0 aliphatic carbocycles. The molecule has 0 atom stereocenters. The van der Waals surface area contributed by atoms with Gasteiger partial charge in [0.25, 0.3) is 0 Å². The lowest BCUT2D eigenvalue weighted by Gasteiger charge is -2.26. The van der Waals surface area contributed by atoms with Crippen molar-refractivity contribution in [3.05, 3.63) is 60.7 Å². The molecule has 0 radical (unpaired) electrons. The summed E-state index contributed by atoms with van der Waals surface area (Å²) in [5.74, 6) is -0.138. The Bertz CT molecular complexity index is 569. The van der Waals surface area contributed by atoms with Crippen LogP contribution in [0, 0.1) is 5.41 Å². The Labute approximate surface area is 138 Å². The molecular formula is C20H25NO2. The van der Waals surface area contributed by atoms with Gasteiger partial charge in [0.05, 0.1) is 12.0 Å². The zero-order valence-electron chi connectivity index (χ0n) is 14.2. The van der Waals surface area contributed by atoms with Crippen LogP contribution in [0.25, 0.3) is 0 Å². The van der Waals surface area contributed by atoms with Crippen LogP contribution >= 0.6 is 0 Å². The third kappa shape index (κ3) is 4.59. The van der Waals surface area contributed by atoms with Gasteiger partial charge in [0, 0.05) is 11.4 Å². The molecule has 2 aromatic rings. The molecule has 0 bridgehead atoms. The molecule has 0 aliphatic heterocycles. The van der Waals surface area contributed by atoms with E-state index in [1.165, 1.54) is 0 Å². The fraction of sp³-hybridized carbons (Fsp3) is 0.350. The first-order valence-electron chi connectivity index (χ1n) is 8.09. The number of para-hydroxylation sites is 2. The standard InChI is InChI=1S/C20H25NO2/c1-4-20(2,3)19(22)23-16-15-21(17-11-7-5-8-12-17)18-13-9-6-10-14-18/h5-14H,4,15-16H2,1-3H3. The van der Waals surface area contributed by atoms with Gasteiger partial charge in [0.2, 0.25) is 0 Å². The van der Waals surface area contributed by atoms with Crippen molar-refractivity contribution in [3.8, 4) is 0 Å². The van der Waals surface area contributed by atoms with Crippen molar-refractivity contribution in [3.63, 3.8) is 0 Å². The summed E-state index contributed by atoms with van der Waals surface area (Å²) in [6.07, 6.45) is 0.771. The fourth-order valence-electron chi connectivity index (χ4n) is 2.19. The number of rotatable bonds is 7. The fourth-order valence-corrected chi connectivity index (χ4v) is 2.19. The monoisotopic (exact) mass is 311 g/mol. The maximum absolute atomic E-state index is 12.1. The van der Waals surface area contributed by atoms with Crippen LogP contribution in [-0.2, 0) is 9.53 Å². The molecule has 0 aromatic heterocycles. The number of carbonyl (C=O) groups is 1. The molecule has 122 valence electrons. The highest BCUT2D eigenvalue weighted by atomic mass is 16.5. The predicted molar refractivity (Wildman–Crippen MR) is 94.9 cm³/mol. The minimum atomic E-state index is -0.426. The maximum atomic E-state index is 12.1. The predicted octanol–water partition coefficient (Wildman–Crippen LogP) is 4.80. The van der Waals surface area contributed by atoms with E-state index in [-0.39, 0.29) is 5.97 Å². The van der Waals surface area contributed by atoms with E-state index in [1.807, 2.05) is 57.2 Å². The molecule has 3 nitrogen and oxygen atoms in total. The summed E-state index contributed by atoms with van der Waals surface area (Å²) in [7, 11) is 0. The lowest BCUT2D eigenvalue weighted by molar-refractivity contribution is -0.153. The van der Waals surface area contributed by atoms with Crippen LogP contribution in [0.15, 0.2) is 60.7 Å².